The maximum absolute atomic E-state index is 12.5. The van der Waals surface area contributed by atoms with E-state index in [1.807, 2.05) is 73.9 Å². The number of aryl methyl sites for hydroxylation is 1. The van der Waals surface area contributed by atoms with Gasteiger partial charge in [-0.05, 0) is 50.7 Å². The Morgan fingerprint density at radius 2 is 1.90 bits per heavy atom. The molecule has 0 radical (unpaired) electrons. The van der Waals surface area contributed by atoms with Gasteiger partial charge in [0.25, 0.3) is 0 Å². The molecule has 0 saturated carbocycles. The fourth-order valence-electron chi connectivity index (χ4n) is 3.08. The van der Waals surface area contributed by atoms with E-state index >= 15 is 0 Å². The van der Waals surface area contributed by atoms with E-state index in [9.17, 15) is 4.79 Å². The predicted molar refractivity (Wildman–Crippen MR) is 116 cm³/mol. The van der Waals surface area contributed by atoms with Crippen molar-refractivity contribution >= 4 is 18.1 Å². The molecule has 0 fully saturated rings. The molecule has 1 aromatic heterocycles. The van der Waals surface area contributed by atoms with Crippen LogP contribution in [0, 0.1) is 11.7 Å². The highest BCUT2D eigenvalue weighted by Crippen LogP contribution is 2.19. The number of nitrogens with zero attached hydrogens (tertiary/aromatic N) is 2. The lowest BCUT2D eigenvalue weighted by atomic mass is 10.1. The van der Waals surface area contributed by atoms with Gasteiger partial charge in [0.05, 0.1) is 12.6 Å². The molecule has 3 aromatic rings. The predicted octanol–water partition coefficient (Wildman–Crippen LogP) is 4.58. The number of benzene rings is 2. The van der Waals surface area contributed by atoms with Crippen molar-refractivity contribution in [1.29, 1.82) is 0 Å². The van der Waals surface area contributed by atoms with Gasteiger partial charge in [-0.1, -0.05) is 42.0 Å². The molecule has 0 saturated heterocycles. The third-order valence-corrected chi connectivity index (χ3v) is 5.01. The molecule has 2 N–H and O–H groups in total. The molecule has 29 heavy (non-hydrogen) atoms. The van der Waals surface area contributed by atoms with Crippen molar-refractivity contribution < 1.29 is 9.53 Å². The summed E-state index contributed by atoms with van der Waals surface area (Å²) in [5.74, 6) is 1.53. The van der Waals surface area contributed by atoms with E-state index in [1.54, 1.807) is 0 Å². The number of hydrogen-bond acceptors (Lipinski definition) is 4. The van der Waals surface area contributed by atoms with Gasteiger partial charge in [-0.3, -0.25) is 14.5 Å². The van der Waals surface area contributed by atoms with Gasteiger partial charge in [-0.15, -0.1) is 0 Å². The maximum atomic E-state index is 12.5. The Morgan fingerprint density at radius 3 is 2.55 bits per heavy atom. The summed E-state index contributed by atoms with van der Waals surface area (Å²) in [7, 11) is 0. The van der Waals surface area contributed by atoms with Crippen LogP contribution >= 0.6 is 12.2 Å². The van der Waals surface area contributed by atoms with Crippen LogP contribution in [0.5, 0.6) is 5.75 Å². The molecule has 6 nitrogen and oxygen atoms in total. The number of ether oxygens (including phenoxy) is 1. The van der Waals surface area contributed by atoms with Gasteiger partial charge in [0.15, 0.2) is 10.6 Å². The van der Waals surface area contributed by atoms with Crippen LogP contribution in [0.1, 0.15) is 37.4 Å². The third kappa shape index (κ3) is 5.32. The van der Waals surface area contributed by atoms with Crippen molar-refractivity contribution in [2.45, 2.75) is 39.8 Å². The number of H-pyrrole nitrogens is 1. The minimum atomic E-state index is -0.0907. The van der Waals surface area contributed by atoms with Crippen LogP contribution in [0.2, 0.25) is 0 Å². The Hall–Kier alpha value is -2.93. The minimum absolute atomic E-state index is 0.0376. The van der Waals surface area contributed by atoms with Crippen molar-refractivity contribution in [3.8, 4) is 17.1 Å². The summed E-state index contributed by atoms with van der Waals surface area (Å²) >= 11 is 5.35. The molecular formula is C22H26N4O2S. The summed E-state index contributed by atoms with van der Waals surface area (Å²) in [5, 5.41) is 10.2. The topological polar surface area (TPSA) is 71.9 Å². The standard InChI is InChI=1S/C22H26N4O2S/c1-4-28-19-11-9-17(10-12-19)16(3)23-20(27)13-14-26-21(24-25-22(26)29)18-7-5-15(2)6-8-18/h5-12,16H,4,13-14H2,1-3H3,(H,23,27)(H,25,29). The van der Waals surface area contributed by atoms with E-state index in [0.29, 0.717) is 24.3 Å². The van der Waals surface area contributed by atoms with Crippen molar-refractivity contribution in [3.05, 3.63) is 64.4 Å². The SMILES string of the molecule is CCOc1ccc(C(C)NC(=O)CCn2c(-c3ccc(C)cc3)n[nH]c2=S)cc1. The second-order valence-corrected chi connectivity index (χ2v) is 7.30. The fraction of sp³-hybridized carbons (Fsp3) is 0.318. The number of nitrogens with one attached hydrogen (secondary N) is 2. The van der Waals surface area contributed by atoms with Crippen molar-refractivity contribution in [2.24, 2.45) is 0 Å². The smallest absolute Gasteiger partial charge is 0.222 e. The first-order valence-electron chi connectivity index (χ1n) is 9.72. The molecule has 1 amide bonds. The highest BCUT2D eigenvalue weighted by Gasteiger charge is 2.13. The first-order valence-corrected chi connectivity index (χ1v) is 10.1. The molecular weight excluding hydrogens is 384 g/mol. The molecule has 2 aromatic carbocycles. The zero-order valence-corrected chi connectivity index (χ0v) is 17.8. The summed E-state index contributed by atoms with van der Waals surface area (Å²) in [4.78, 5) is 12.5. The fourth-order valence-corrected chi connectivity index (χ4v) is 3.30. The monoisotopic (exact) mass is 410 g/mol. The molecule has 1 atom stereocenters. The summed E-state index contributed by atoms with van der Waals surface area (Å²) in [5.41, 5.74) is 3.17. The number of carbonyl (C=O) groups excluding carboxylic acids is 1. The zero-order valence-electron chi connectivity index (χ0n) is 16.9. The summed E-state index contributed by atoms with van der Waals surface area (Å²) in [6.07, 6.45) is 0.314. The van der Waals surface area contributed by atoms with Crippen LogP contribution in [-0.4, -0.2) is 27.3 Å². The Morgan fingerprint density at radius 1 is 1.21 bits per heavy atom. The van der Waals surface area contributed by atoms with Gasteiger partial charge >= 0.3 is 0 Å². The summed E-state index contributed by atoms with van der Waals surface area (Å²) < 4.78 is 7.83. The molecule has 3 rings (SSSR count). The van der Waals surface area contributed by atoms with Crippen molar-refractivity contribution in [3.63, 3.8) is 0 Å². The van der Waals surface area contributed by atoms with Crippen molar-refractivity contribution in [2.75, 3.05) is 6.61 Å². The quantitative estimate of drug-likeness (QED) is 0.533. The normalized spacial score (nSPS) is 11.8. The zero-order chi connectivity index (χ0) is 20.8. The highest BCUT2D eigenvalue weighted by molar-refractivity contribution is 7.71. The number of rotatable bonds is 8. The largest absolute Gasteiger partial charge is 0.494 e. The number of carbonyl (C=O) groups is 1. The molecule has 0 aliphatic carbocycles. The Balaban J connectivity index is 1.61. The highest BCUT2D eigenvalue weighted by atomic mass is 32.1. The molecule has 0 aliphatic heterocycles. The van der Waals surface area contributed by atoms with Crippen molar-refractivity contribution in [1.82, 2.24) is 20.1 Å². The number of aromatic amines is 1. The van der Waals surface area contributed by atoms with Gasteiger partial charge in [0.2, 0.25) is 5.91 Å². The first kappa shape index (κ1) is 20.8. The summed E-state index contributed by atoms with van der Waals surface area (Å²) in [6.45, 7) is 7.05. The van der Waals surface area contributed by atoms with Crippen LogP contribution in [0.15, 0.2) is 48.5 Å². The molecule has 152 valence electrons. The Bertz CT molecular complexity index is 1010. The Kier molecular flexibility index (Phi) is 6.82. The molecule has 0 spiro atoms. The third-order valence-electron chi connectivity index (χ3n) is 4.70. The van der Waals surface area contributed by atoms with E-state index < -0.39 is 0 Å². The van der Waals surface area contributed by atoms with Gasteiger partial charge in [-0.2, -0.15) is 5.10 Å². The minimum Gasteiger partial charge on any atom is -0.494 e. The molecule has 0 bridgehead atoms. The van der Waals surface area contributed by atoms with Gasteiger partial charge in [-0.25, -0.2) is 0 Å². The van der Waals surface area contributed by atoms with E-state index in [-0.39, 0.29) is 11.9 Å². The van der Waals surface area contributed by atoms with E-state index in [2.05, 4.69) is 15.5 Å². The van der Waals surface area contributed by atoms with E-state index in [4.69, 9.17) is 17.0 Å². The van der Waals surface area contributed by atoms with E-state index in [1.165, 1.54) is 5.56 Å². The van der Waals surface area contributed by atoms with E-state index in [0.717, 1.165) is 22.7 Å². The van der Waals surface area contributed by atoms with Crippen LogP contribution in [0.4, 0.5) is 0 Å². The number of amides is 1. The molecule has 1 heterocycles. The maximum Gasteiger partial charge on any atom is 0.222 e. The van der Waals surface area contributed by atoms with Crippen LogP contribution in [0.3, 0.4) is 0 Å². The number of aromatic nitrogens is 3. The van der Waals surface area contributed by atoms with Gasteiger partial charge < -0.3 is 10.1 Å². The van der Waals surface area contributed by atoms with Gasteiger partial charge in [0.1, 0.15) is 5.75 Å². The van der Waals surface area contributed by atoms with Crippen LogP contribution in [0.25, 0.3) is 11.4 Å². The number of hydrogen-bond donors (Lipinski definition) is 2. The molecule has 0 aliphatic rings. The molecule has 7 heteroatoms. The van der Waals surface area contributed by atoms with Gasteiger partial charge in [0, 0.05) is 18.5 Å². The van der Waals surface area contributed by atoms with Crippen LogP contribution < -0.4 is 10.1 Å². The average Bonchev–Trinajstić information content (AvgIpc) is 3.08. The molecule has 1 unspecified atom stereocenters. The lowest BCUT2D eigenvalue weighted by molar-refractivity contribution is -0.121. The van der Waals surface area contributed by atoms with Crippen LogP contribution in [-0.2, 0) is 11.3 Å². The lowest BCUT2D eigenvalue weighted by Crippen LogP contribution is -2.27. The average molecular weight is 411 g/mol. The second-order valence-electron chi connectivity index (χ2n) is 6.91. The first-order chi connectivity index (χ1) is 14.0. The lowest BCUT2D eigenvalue weighted by Gasteiger charge is -2.15. The Labute approximate surface area is 175 Å². The second kappa shape index (κ2) is 9.52. The summed E-state index contributed by atoms with van der Waals surface area (Å²) in [6, 6.07) is 15.8.